The van der Waals surface area contributed by atoms with Crippen LogP contribution >= 0.6 is 0 Å². The predicted octanol–water partition coefficient (Wildman–Crippen LogP) is 0.701. The third-order valence-corrected chi connectivity index (χ3v) is 4.33. The van der Waals surface area contributed by atoms with Gasteiger partial charge in [-0.3, -0.25) is 9.59 Å². The maximum Gasteiger partial charge on any atom is 0.240 e. The molecule has 2 aliphatic rings. The zero-order valence-electron chi connectivity index (χ0n) is 12.9. The molecule has 20 heavy (non-hydrogen) atoms. The molecule has 2 aliphatic heterocycles. The molecule has 0 radical (unpaired) electrons. The first-order chi connectivity index (χ1) is 9.49. The summed E-state index contributed by atoms with van der Waals surface area (Å²) in [6.07, 6.45) is 1.68. The second-order valence-corrected chi connectivity index (χ2v) is 6.50. The van der Waals surface area contributed by atoms with Crippen LogP contribution in [0.1, 0.15) is 33.6 Å². The van der Waals surface area contributed by atoms with E-state index < -0.39 is 0 Å². The minimum atomic E-state index is -0.0204. The lowest BCUT2D eigenvalue weighted by Gasteiger charge is -2.36. The molecular formula is C15H27N3O2. The molecule has 2 amide bonds. The third-order valence-electron chi connectivity index (χ3n) is 4.33. The van der Waals surface area contributed by atoms with Gasteiger partial charge in [-0.15, -0.1) is 0 Å². The van der Waals surface area contributed by atoms with Crippen LogP contribution in [-0.2, 0) is 9.59 Å². The minimum Gasteiger partial charge on any atom is -0.339 e. The molecule has 0 aromatic heterocycles. The summed E-state index contributed by atoms with van der Waals surface area (Å²) in [6.45, 7) is 9.89. The van der Waals surface area contributed by atoms with Crippen LogP contribution in [0.3, 0.4) is 0 Å². The Morgan fingerprint density at radius 2 is 1.75 bits per heavy atom. The van der Waals surface area contributed by atoms with Crippen molar-refractivity contribution >= 4 is 11.8 Å². The van der Waals surface area contributed by atoms with Crippen molar-refractivity contribution in [1.29, 1.82) is 0 Å². The lowest BCUT2D eigenvalue weighted by Crippen LogP contribution is -2.55. The van der Waals surface area contributed by atoms with E-state index in [2.05, 4.69) is 26.1 Å². The van der Waals surface area contributed by atoms with E-state index >= 15 is 0 Å². The number of nitrogens with zero attached hydrogens (tertiary/aromatic N) is 2. The number of rotatable bonds is 3. The number of amides is 2. The van der Waals surface area contributed by atoms with Crippen LogP contribution in [-0.4, -0.2) is 60.4 Å². The highest BCUT2D eigenvalue weighted by molar-refractivity contribution is 5.83. The van der Waals surface area contributed by atoms with E-state index in [1.165, 1.54) is 0 Å². The van der Waals surface area contributed by atoms with Crippen LogP contribution in [0.2, 0.25) is 0 Å². The van der Waals surface area contributed by atoms with E-state index in [-0.39, 0.29) is 17.9 Å². The van der Waals surface area contributed by atoms with Crippen molar-refractivity contribution in [2.45, 2.75) is 39.7 Å². The Kier molecular flexibility index (Phi) is 5.02. The SMILES string of the molecule is CC(C)CC(=O)N1CCN(C(=O)C2NCCC2C)CC1. The number of piperazine rings is 1. The molecule has 5 nitrogen and oxygen atoms in total. The van der Waals surface area contributed by atoms with Gasteiger partial charge in [0.05, 0.1) is 6.04 Å². The van der Waals surface area contributed by atoms with E-state index in [0.29, 0.717) is 44.4 Å². The molecule has 0 aromatic rings. The zero-order valence-corrected chi connectivity index (χ0v) is 12.9. The maximum absolute atomic E-state index is 12.4. The number of hydrogen-bond donors (Lipinski definition) is 1. The van der Waals surface area contributed by atoms with Crippen molar-refractivity contribution in [3.8, 4) is 0 Å². The molecule has 0 spiro atoms. The van der Waals surface area contributed by atoms with Crippen LogP contribution in [0.25, 0.3) is 0 Å². The number of carbonyl (C=O) groups excluding carboxylic acids is 2. The van der Waals surface area contributed by atoms with Gasteiger partial charge in [-0.05, 0) is 24.8 Å². The fourth-order valence-electron chi connectivity index (χ4n) is 3.02. The highest BCUT2D eigenvalue weighted by Crippen LogP contribution is 2.18. The molecule has 0 saturated carbocycles. The van der Waals surface area contributed by atoms with Crippen molar-refractivity contribution in [2.24, 2.45) is 11.8 Å². The molecule has 5 heteroatoms. The Morgan fingerprint density at radius 1 is 1.15 bits per heavy atom. The van der Waals surface area contributed by atoms with E-state index in [9.17, 15) is 9.59 Å². The molecule has 2 rings (SSSR count). The number of hydrogen-bond acceptors (Lipinski definition) is 3. The second-order valence-electron chi connectivity index (χ2n) is 6.50. The minimum absolute atomic E-state index is 0.0204. The summed E-state index contributed by atoms with van der Waals surface area (Å²) in [5.41, 5.74) is 0. The van der Waals surface area contributed by atoms with Crippen molar-refractivity contribution in [3.63, 3.8) is 0 Å². The highest BCUT2D eigenvalue weighted by atomic mass is 16.2. The molecule has 0 bridgehead atoms. The molecule has 1 N–H and O–H groups in total. The summed E-state index contributed by atoms with van der Waals surface area (Å²) in [7, 11) is 0. The van der Waals surface area contributed by atoms with Gasteiger partial charge in [0.1, 0.15) is 0 Å². The van der Waals surface area contributed by atoms with Crippen LogP contribution in [0, 0.1) is 11.8 Å². The Morgan fingerprint density at radius 3 is 2.25 bits per heavy atom. The first-order valence-electron chi connectivity index (χ1n) is 7.79. The molecule has 0 aliphatic carbocycles. The van der Waals surface area contributed by atoms with Gasteiger partial charge in [0.25, 0.3) is 0 Å². The first-order valence-corrected chi connectivity index (χ1v) is 7.79. The summed E-state index contributed by atoms with van der Waals surface area (Å²) in [4.78, 5) is 28.2. The van der Waals surface area contributed by atoms with Crippen LogP contribution in [0.15, 0.2) is 0 Å². The number of carbonyl (C=O) groups is 2. The molecule has 2 atom stereocenters. The first kappa shape index (κ1) is 15.3. The standard InChI is InChI=1S/C15H27N3O2/c1-11(2)10-13(19)17-6-8-18(9-7-17)15(20)14-12(3)4-5-16-14/h11-12,14,16H,4-10H2,1-3H3. The van der Waals surface area contributed by atoms with Gasteiger partial charge in [0, 0.05) is 32.6 Å². The smallest absolute Gasteiger partial charge is 0.240 e. The molecule has 2 saturated heterocycles. The van der Waals surface area contributed by atoms with Gasteiger partial charge in [0.15, 0.2) is 0 Å². The summed E-state index contributed by atoms with van der Waals surface area (Å²) >= 11 is 0. The molecule has 2 heterocycles. The van der Waals surface area contributed by atoms with Gasteiger partial charge in [-0.2, -0.15) is 0 Å². The average molecular weight is 281 g/mol. The lowest BCUT2D eigenvalue weighted by atomic mass is 10.0. The number of nitrogens with one attached hydrogen (secondary N) is 1. The lowest BCUT2D eigenvalue weighted by molar-refractivity contribution is -0.141. The summed E-state index contributed by atoms with van der Waals surface area (Å²) in [5.74, 6) is 1.25. The van der Waals surface area contributed by atoms with E-state index in [0.717, 1.165) is 13.0 Å². The van der Waals surface area contributed by atoms with Crippen LogP contribution in [0.5, 0.6) is 0 Å². The van der Waals surface area contributed by atoms with Crippen molar-refractivity contribution in [2.75, 3.05) is 32.7 Å². The van der Waals surface area contributed by atoms with Gasteiger partial charge in [0.2, 0.25) is 11.8 Å². The average Bonchev–Trinajstić information content (AvgIpc) is 2.83. The summed E-state index contributed by atoms with van der Waals surface area (Å²) in [5, 5.41) is 3.29. The van der Waals surface area contributed by atoms with Gasteiger partial charge in [-0.25, -0.2) is 0 Å². The van der Waals surface area contributed by atoms with Crippen molar-refractivity contribution < 1.29 is 9.59 Å². The summed E-state index contributed by atoms with van der Waals surface area (Å²) in [6, 6.07) is -0.0204. The largest absolute Gasteiger partial charge is 0.339 e. The van der Waals surface area contributed by atoms with Crippen LogP contribution < -0.4 is 5.32 Å². The highest BCUT2D eigenvalue weighted by Gasteiger charge is 2.34. The zero-order chi connectivity index (χ0) is 14.7. The van der Waals surface area contributed by atoms with Gasteiger partial charge < -0.3 is 15.1 Å². The fraction of sp³-hybridized carbons (Fsp3) is 0.867. The quantitative estimate of drug-likeness (QED) is 0.828. The van der Waals surface area contributed by atoms with Gasteiger partial charge >= 0.3 is 0 Å². The van der Waals surface area contributed by atoms with Gasteiger partial charge in [-0.1, -0.05) is 20.8 Å². The Bertz CT molecular complexity index is 362. The van der Waals surface area contributed by atoms with Crippen molar-refractivity contribution in [1.82, 2.24) is 15.1 Å². The van der Waals surface area contributed by atoms with E-state index in [1.54, 1.807) is 0 Å². The van der Waals surface area contributed by atoms with Crippen LogP contribution in [0.4, 0.5) is 0 Å². The summed E-state index contributed by atoms with van der Waals surface area (Å²) < 4.78 is 0. The molecular weight excluding hydrogens is 254 g/mol. The van der Waals surface area contributed by atoms with E-state index in [1.807, 2.05) is 9.80 Å². The Hall–Kier alpha value is -1.10. The fourth-order valence-corrected chi connectivity index (χ4v) is 3.02. The monoisotopic (exact) mass is 281 g/mol. The third kappa shape index (κ3) is 3.51. The molecule has 0 aromatic carbocycles. The predicted molar refractivity (Wildman–Crippen MR) is 78.2 cm³/mol. The van der Waals surface area contributed by atoms with Crippen molar-refractivity contribution in [3.05, 3.63) is 0 Å². The second kappa shape index (κ2) is 6.57. The Balaban J connectivity index is 1.82. The Labute approximate surface area is 121 Å². The molecule has 2 unspecified atom stereocenters. The topological polar surface area (TPSA) is 52.7 Å². The van der Waals surface area contributed by atoms with E-state index in [4.69, 9.17) is 0 Å². The molecule has 114 valence electrons. The maximum atomic E-state index is 12.4. The normalized spacial score (nSPS) is 27.2. The molecule has 2 fully saturated rings.